The van der Waals surface area contributed by atoms with Crippen molar-refractivity contribution in [1.29, 1.82) is 0 Å². The lowest BCUT2D eigenvalue weighted by Gasteiger charge is -2.23. The van der Waals surface area contributed by atoms with E-state index in [-0.39, 0.29) is 10.2 Å². The van der Waals surface area contributed by atoms with Crippen molar-refractivity contribution < 1.29 is 14.7 Å². The molecule has 0 aromatic heterocycles. The molecule has 7 heteroatoms. The van der Waals surface area contributed by atoms with Gasteiger partial charge in [-0.3, -0.25) is 14.5 Å². The third kappa shape index (κ3) is 5.06. The maximum atomic E-state index is 12.3. The summed E-state index contributed by atoms with van der Waals surface area (Å²) in [7, 11) is 0. The topological polar surface area (TPSA) is 60.9 Å². The molecule has 2 rings (SSSR count). The van der Waals surface area contributed by atoms with Gasteiger partial charge in [-0.1, -0.05) is 49.5 Å². The zero-order chi connectivity index (χ0) is 18.4. The molecule has 0 unspecified atom stereocenters. The molecule has 1 heterocycles. The summed E-state index contributed by atoms with van der Waals surface area (Å²) in [6.07, 6.45) is 4.07. The molecule has 0 aliphatic carbocycles. The van der Waals surface area contributed by atoms with Crippen LogP contribution >= 0.6 is 24.0 Å². The first-order chi connectivity index (χ1) is 12.0. The summed E-state index contributed by atoms with van der Waals surface area (Å²) < 4.78 is 0.284. The number of carbonyl (C=O) groups is 2. The summed E-state index contributed by atoms with van der Waals surface area (Å²) in [5.74, 6) is -1.42. The maximum Gasteiger partial charge on any atom is 0.323 e. The van der Waals surface area contributed by atoms with E-state index in [1.807, 2.05) is 24.3 Å². The first-order valence-electron chi connectivity index (χ1n) is 8.28. The Balaban J connectivity index is 2.12. The van der Waals surface area contributed by atoms with Crippen LogP contribution in [0.3, 0.4) is 0 Å². The number of hydrogen-bond acceptors (Lipinski definition) is 5. The van der Waals surface area contributed by atoms with Gasteiger partial charge in [-0.05, 0) is 37.1 Å². The van der Waals surface area contributed by atoms with Crippen molar-refractivity contribution >= 4 is 51.9 Å². The summed E-state index contributed by atoms with van der Waals surface area (Å²) in [5, 5.41) is 8.87. The number of carboxylic acid groups (broad SMARTS) is 1. The van der Waals surface area contributed by atoms with Gasteiger partial charge in [0.25, 0.3) is 5.91 Å². The number of thiocarbonyl (C=S) groups is 1. The van der Waals surface area contributed by atoms with Crippen LogP contribution in [0.25, 0.3) is 6.08 Å². The van der Waals surface area contributed by atoms with Crippen LogP contribution in [0.15, 0.2) is 29.2 Å². The van der Waals surface area contributed by atoms with Crippen LogP contribution in [-0.4, -0.2) is 45.8 Å². The lowest BCUT2D eigenvalue weighted by molar-refractivity contribution is -0.140. The molecule has 1 amide bonds. The molecule has 5 nitrogen and oxygen atoms in total. The monoisotopic (exact) mass is 378 g/mol. The van der Waals surface area contributed by atoms with Gasteiger partial charge in [0.2, 0.25) is 0 Å². The standard InChI is InChI=1S/C18H22N2O3S2/c1-3-5-10-19(4-2)14-8-6-13(7-9-14)11-15-17(23)20(12-16(21)22)18(24)25-15/h6-9,11H,3-5,10,12H2,1-2H3,(H,21,22)/b15-11-. The predicted molar refractivity (Wildman–Crippen MR) is 107 cm³/mol. The summed E-state index contributed by atoms with van der Waals surface area (Å²) >= 11 is 6.24. The normalized spacial score (nSPS) is 15.9. The molecule has 1 aliphatic rings. The number of thioether (sulfide) groups is 1. The third-order valence-corrected chi connectivity index (χ3v) is 5.26. The molecule has 0 atom stereocenters. The van der Waals surface area contributed by atoms with E-state index >= 15 is 0 Å². The highest BCUT2D eigenvalue weighted by atomic mass is 32.2. The third-order valence-electron chi connectivity index (χ3n) is 3.89. The van der Waals surface area contributed by atoms with Crippen LogP contribution in [0.2, 0.25) is 0 Å². The molecule has 0 saturated carbocycles. The van der Waals surface area contributed by atoms with Crippen LogP contribution in [0.1, 0.15) is 32.3 Å². The highest BCUT2D eigenvalue weighted by molar-refractivity contribution is 8.26. The molecule has 1 aromatic carbocycles. The van der Waals surface area contributed by atoms with Crippen molar-refractivity contribution in [3.05, 3.63) is 34.7 Å². The Hall–Kier alpha value is -1.86. The second-order valence-electron chi connectivity index (χ2n) is 5.69. The summed E-state index contributed by atoms with van der Waals surface area (Å²) in [5.41, 5.74) is 2.05. The van der Waals surface area contributed by atoms with E-state index in [0.29, 0.717) is 4.91 Å². The van der Waals surface area contributed by atoms with Crippen LogP contribution in [-0.2, 0) is 9.59 Å². The summed E-state index contributed by atoms with van der Waals surface area (Å²) in [6, 6.07) is 8.02. The fourth-order valence-corrected chi connectivity index (χ4v) is 3.78. The van der Waals surface area contributed by atoms with E-state index in [0.717, 1.165) is 53.8 Å². The molecule has 0 radical (unpaired) electrons. The van der Waals surface area contributed by atoms with Crippen molar-refractivity contribution in [2.75, 3.05) is 24.5 Å². The van der Waals surface area contributed by atoms with Crippen molar-refractivity contribution in [1.82, 2.24) is 4.90 Å². The van der Waals surface area contributed by atoms with Gasteiger partial charge in [-0.15, -0.1) is 0 Å². The van der Waals surface area contributed by atoms with E-state index in [4.69, 9.17) is 17.3 Å². The Morgan fingerprint density at radius 3 is 2.56 bits per heavy atom. The molecular formula is C18H22N2O3S2. The van der Waals surface area contributed by atoms with Crippen molar-refractivity contribution in [3.8, 4) is 0 Å². The van der Waals surface area contributed by atoms with Crippen LogP contribution in [0.4, 0.5) is 5.69 Å². The van der Waals surface area contributed by atoms with Gasteiger partial charge < -0.3 is 10.0 Å². The van der Waals surface area contributed by atoms with E-state index < -0.39 is 12.5 Å². The average Bonchev–Trinajstić information content (AvgIpc) is 2.84. The fraction of sp³-hybridized carbons (Fsp3) is 0.389. The van der Waals surface area contributed by atoms with Gasteiger partial charge in [-0.25, -0.2) is 0 Å². The van der Waals surface area contributed by atoms with Crippen molar-refractivity contribution in [2.24, 2.45) is 0 Å². The largest absolute Gasteiger partial charge is 0.480 e. The smallest absolute Gasteiger partial charge is 0.323 e. The number of aliphatic carboxylic acids is 1. The summed E-state index contributed by atoms with van der Waals surface area (Å²) in [4.78, 5) is 27.0. The number of rotatable bonds is 8. The Labute approximate surface area is 157 Å². The first-order valence-corrected chi connectivity index (χ1v) is 9.50. The molecule has 1 aliphatic heterocycles. The van der Waals surface area contributed by atoms with Crippen molar-refractivity contribution in [3.63, 3.8) is 0 Å². The quantitative estimate of drug-likeness (QED) is 0.551. The maximum absolute atomic E-state index is 12.3. The second kappa shape index (κ2) is 9.01. The fourth-order valence-electron chi connectivity index (χ4n) is 2.52. The van der Waals surface area contributed by atoms with E-state index in [2.05, 4.69) is 18.7 Å². The number of carboxylic acids is 1. The number of benzene rings is 1. The number of anilines is 1. The lowest BCUT2D eigenvalue weighted by Crippen LogP contribution is -2.33. The molecule has 1 fully saturated rings. The molecule has 0 spiro atoms. The van der Waals surface area contributed by atoms with Gasteiger partial charge in [0.05, 0.1) is 4.91 Å². The van der Waals surface area contributed by atoms with Gasteiger partial charge in [0, 0.05) is 18.8 Å². The van der Waals surface area contributed by atoms with Crippen LogP contribution in [0.5, 0.6) is 0 Å². The molecule has 25 heavy (non-hydrogen) atoms. The Morgan fingerprint density at radius 1 is 1.32 bits per heavy atom. The number of hydrogen-bond donors (Lipinski definition) is 1. The number of carbonyl (C=O) groups excluding carboxylic acids is 1. The first kappa shape index (κ1) is 19.5. The molecule has 134 valence electrons. The zero-order valence-corrected chi connectivity index (χ0v) is 16.0. The molecule has 1 saturated heterocycles. The molecular weight excluding hydrogens is 356 g/mol. The Bertz CT molecular complexity index is 686. The highest BCUT2D eigenvalue weighted by Crippen LogP contribution is 2.32. The average molecular weight is 379 g/mol. The molecule has 1 N–H and O–H groups in total. The van der Waals surface area contributed by atoms with E-state index in [9.17, 15) is 9.59 Å². The van der Waals surface area contributed by atoms with Gasteiger partial charge in [0.1, 0.15) is 10.9 Å². The van der Waals surface area contributed by atoms with Crippen LogP contribution in [0, 0.1) is 0 Å². The van der Waals surface area contributed by atoms with E-state index in [1.54, 1.807) is 6.08 Å². The van der Waals surface area contributed by atoms with Gasteiger partial charge in [-0.2, -0.15) is 0 Å². The highest BCUT2D eigenvalue weighted by Gasteiger charge is 2.33. The predicted octanol–water partition coefficient (Wildman–Crippen LogP) is 3.60. The van der Waals surface area contributed by atoms with Gasteiger partial charge in [0.15, 0.2) is 0 Å². The van der Waals surface area contributed by atoms with E-state index in [1.165, 1.54) is 0 Å². The number of nitrogens with zero attached hydrogens (tertiary/aromatic N) is 2. The SMILES string of the molecule is CCCCN(CC)c1ccc(/C=C2\SC(=S)N(CC(=O)O)C2=O)cc1. The van der Waals surface area contributed by atoms with Crippen LogP contribution < -0.4 is 4.90 Å². The number of unbranched alkanes of at least 4 members (excludes halogenated alkanes) is 1. The van der Waals surface area contributed by atoms with Gasteiger partial charge >= 0.3 is 5.97 Å². The minimum Gasteiger partial charge on any atom is -0.480 e. The van der Waals surface area contributed by atoms with Crippen molar-refractivity contribution in [2.45, 2.75) is 26.7 Å². The summed E-state index contributed by atoms with van der Waals surface area (Å²) in [6.45, 7) is 5.89. The molecule has 0 bridgehead atoms. The zero-order valence-electron chi connectivity index (χ0n) is 14.4. The Morgan fingerprint density at radius 2 is 2.00 bits per heavy atom. The number of amides is 1. The Kier molecular flexibility index (Phi) is 7.01. The minimum atomic E-state index is -1.08. The lowest BCUT2D eigenvalue weighted by atomic mass is 10.1. The molecule has 1 aromatic rings. The minimum absolute atomic E-state index is 0.284. The second-order valence-corrected chi connectivity index (χ2v) is 7.36.